The van der Waals surface area contributed by atoms with Crippen LogP contribution < -0.4 is 5.73 Å². The highest BCUT2D eigenvalue weighted by atomic mass is 16.5. The van der Waals surface area contributed by atoms with Crippen molar-refractivity contribution in [1.29, 1.82) is 0 Å². The van der Waals surface area contributed by atoms with Crippen molar-refractivity contribution in [3.63, 3.8) is 0 Å². The van der Waals surface area contributed by atoms with Crippen molar-refractivity contribution in [2.45, 2.75) is 58.9 Å². The maximum Gasteiger partial charge on any atom is 0.292 e. The summed E-state index contributed by atoms with van der Waals surface area (Å²) >= 11 is 0. The van der Waals surface area contributed by atoms with Crippen LogP contribution in [0.25, 0.3) is 0 Å². The molecular formula is C16H27N3O2. The van der Waals surface area contributed by atoms with Gasteiger partial charge in [-0.2, -0.15) is 0 Å². The van der Waals surface area contributed by atoms with Gasteiger partial charge in [0, 0.05) is 31.1 Å². The molecule has 2 heterocycles. The largest absolute Gasteiger partial charge is 0.351 e. The third kappa shape index (κ3) is 3.28. The number of likely N-dealkylation sites (tertiary alicyclic amines) is 1. The fraction of sp³-hybridized carbons (Fsp3) is 0.750. The monoisotopic (exact) mass is 293 g/mol. The smallest absolute Gasteiger partial charge is 0.292 e. The first-order valence-electron chi connectivity index (χ1n) is 7.90. The third-order valence-electron chi connectivity index (χ3n) is 4.74. The molecule has 0 radical (unpaired) electrons. The van der Waals surface area contributed by atoms with Gasteiger partial charge in [0.05, 0.1) is 5.69 Å². The molecule has 5 nitrogen and oxygen atoms in total. The molecule has 0 spiro atoms. The summed E-state index contributed by atoms with van der Waals surface area (Å²) in [6.45, 7) is 9.80. The van der Waals surface area contributed by atoms with E-state index in [2.05, 4.69) is 32.9 Å². The molecule has 2 rings (SSSR count). The molecule has 0 aromatic carbocycles. The van der Waals surface area contributed by atoms with E-state index >= 15 is 0 Å². The number of nitrogens with two attached hydrogens (primary N) is 1. The lowest BCUT2D eigenvalue weighted by Crippen LogP contribution is -2.53. The molecule has 1 aromatic heterocycles. The van der Waals surface area contributed by atoms with E-state index in [0.29, 0.717) is 24.8 Å². The number of hydrogen-bond acceptors (Lipinski definition) is 4. The van der Waals surface area contributed by atoms with Crippen LogP contribution in [-0.2, 0) is 0 Å². The summed E-state index contributed by atoms with van der Waals surface area (Å²) in [7, 11) is 0. The Morgan fingerprint density at radius 3 is 2.76 bits per heavy atom. The van der Waals surface area contributed by atoms with Crippen LogP contribution in [0.4, 0.5) is 0 Å². The molecule has 1 aliphatic heterocycles. The second-order valence-corrected chi connectivity index (χ2v) is 6.74. The van der Waals surface area contributed by atoms with E-state index in [1.165, 1.54) is 0 Å². The van der Waals surface area contributed by atoms with Crippen LogP contribution in [-0.4, -0.2) is 35.1 Å². The van der Waals surface area contributed by atoms with E-state index in [1.807, 2.05) is 11.0 Å². The highest BCUT2D eigenvalue weighted by Crippen LogP contribution is 2.29. The number of rotatable bonds is 4. The van der Waals surface area contributed by atoms with Gasteiger partial charge in [0.25, 0.3) is 5.91 Å². The maximum absolute atomic E-state index is 12.6. The third-order valence-corrected chi connectivity index (χ3v) is 4.74. The van der Waals surface area contributed by atoms with Gasteiger partial charge >= 0.3 is 0 Å². The number of nitrogens with zero attached hydrogens (tertiary/aromatic N) is 2. The Balaban J connectivity index is 2.10. The number of aromatic nitrogens is 1. The zero-order valence-electron chi connectivity index (χ0n) is 13.6. The molecule has 0 aliphatic carbocycles. The van der Waals surface area contributed by atoms with Gasteiger partial charge in [0.15, 0.2) is 0 Å². The van der Waals surface area contributed by atoms with Crippen LogP contribution in [0.3, 0.4) is 0 Å². The Morgan fingerprint density at radius 1 is 1.52 bits per heavy atom. The van der Waals surface area contributed by atoms with Gasteiger partial charge in [0.1, 0.15) is 0 Å². The topological polar surface area (TPSA) is 72.4 Å². The average molecular weight is 293 g/mol. The summed E-state index contributed by atoms with van der Waals surface area (Å²) in [5.41, 5.74) is 6.94. The molecule has 1 aliphatic rings. The number of carbonyl (C=O) groups is 1. The highest BCUT2D eigenvalue weighted by Gasteiger charge is 2.36. The normalized spacial score (nSPS) is 21.8. The molecule has 0 bridgehead atoms. The Labute approximate surface area is 126 Å². The van der Waals surface area contributed by atoms with Gasteiger partial charge in [-0.1, -0.05) is 32.9 Å². The van der Waals surface area contributed by atoms with Crippen LogP contribution in [0.2, 0.25) is 0 Å². The van der Waals surface area contributed by atoms with E-state index in [9.17, 15) is 4.79 Å². The fourth-order valence-corrected chi connectivity index (χ4v) is 2.99. The Hall–Kier alpha value is -1.36. The van der Waals surface area contributed by atoms with Gasteiger partial charge in [-0.25, -0.2) is 0 Å². The number of hydrogen-bond donors (Lipinski definition) is 1. The second kappa shape index (κ2) is 6.18. The summed E-state index contributed by atoms with van der Waals surface area (Å²) in [4.78, 5) is 14.4. The molecule has 1 unspecified atom stereocenters. The number of amides is 1. The van der Waals surface area contributed by atoms with Gasteiger partial charge in [0.2, 0.25) is 5.76 Å². The molecule has 1 amide bonds. The van der Waals surface area contributed by atoms with Gasteiger partial charge in [-0.15, -0.1) is 0 Å². The van der Waals surface area contributed by atoms with Crippen molar-refractivity contribution in [1.82, 2.24) is 10.1 Å². The standard InChI is InChI=1S/C16H27N3O2/c1-5-11(6-2)12-9-13(21-18-12)15(20)19-8-7-14(17)16(3,4)10-19/h9,11,14H,5-8,10,17H2,1-4H3. The lowest BCUT2D eigenvalue weighted by molar-refractivity contribution is 0.0495. The Bertz CT molecular complexity index is 491. The van der Waals surface area contributed by atoms with E-state index in [1.54, 1.807) is 0 Å². The van der Waals surface area contributed by atoms with Gasteiger partial charge in [-0.3, -0.25) is 4.79 Å². The summed E-state index contributed by atoms with van der Waals surface area (Å²) in [5, 5.41) is 4.08. The lowest BCUT2D eigenvalue weighted by Gasteiger charge is -2.42. The second-order valence-electron chi connectivity index (χ2n) is 6.74. The first-order chi connectivity index (χ1) is 9.89. The van der Waals surface area contributed by atoms with Crippen molar-refractivity contribution < 1.29 is 9.32 Å². The zero-order valence-corrected chi connectivity index (χ0v) is 13.6. The summed E-state index contributed by atoms with van der Waals surface area (Å²) in [5.74, 6) is 0.643. The average Bonchev–Trinajstić information content (AvgIpc) is 2.92. The molecule has 1 saturated heterocycles. The van der Waals surface area contributed by atoms with E-state index in [-0.39, 0.29) is 17.4 Å². The summed E-state index contributed by atoms with van der Waals surface area (Å²) in [6, 6.07) is 1.94. The van der Waals surface area contributed by atoms with E-state index < -0.39 is 0 Å². The van der Waals surface area contributed by atoms with Crippen molar-refractivity contribution in [3.8, 4) is 0 Å². The van der Waals surface area contributed by atoms with Crippen LogP contribution in [0.5, 0.6) is 0 Å². The molecule has 1 fully saturated rings. The summed E-state index contributed by atoms with van der Waals surface area (Å²) < 4.78 is 5.29. The predicted molar refractivity (Wildman–Crippen MR) is 82.1 cm³/mol. The molecule has 5 heteroatoms. The maximum atomic E-state index is 12.6. The molecule has 21 heavy (non-hydrogen) atoms. The van der Waals surface area contributed by atoms with Crippen LogP contribution in [0.1, 0.15) is 69.1 Å². The number of carbonyl (C=O) groups excluding carboxylic acids is 1. The molecule has 1 aromatic rings. The van der Waals surface area contributed by atoms with Crippen molar-refractivity contribution in [3.05, 3.63) is 17.5 Å². The minimum atomic E-state index is -0.0697. The van der Waals surface area contributed by atoms with Crippen molar-refractivity contribution in [2.75, 3.05) is 13.1 Å². The first-order valence-corrected chi connectivity index (χ1v) is 7.90. The zero-order chi connectivity index (χ0) is 15.6. The molecule has 0 saturated carbocycles. The van der Waals surface area contributed by atoms with Crippen LogP contribution >= 0.6 is 0 Å². The predicted octanol–water partition coefficient (Wildman–Crippen LogP) is 2.78. The summed E-state index contributed by atoms with van der Waals surface area (Å²) in [6.07, 6.45) is 2.83. The quantitative estimate of drug-likeness (QED) is 0.926. The minimum absolute atomic E-state index is 0.0634. The number of piperidine rings is 1. The molecule has 1 atom stereocenters. The first kappa shape index (κ1) is 16.0. The van der Waals surface area contributed by atoms with Crippen LogP contribution in [0, 0.1) is 5.41 Å². The fourth-order valence-electron chi connectivity index (χ4n) is 2.99. The SMILES string of the molecule is CCC(CC)c1cc(C(=O)N2CCC(N)C(C)(C)C2)on1. The molecular weight excluding hydrogens is 266 g/mol. The molecule has 2 N–H and O–H groups in total. The molecule has 118 valence electrons. The van der Waals surface area contributed by atoms with E-state index in [4.69, 9.17) is 10.3 Å². The van der Waals surface area contributed by atoms with Crippen molar-refractivity contribution >= 4 is 5.91 Å². The van der Waals surface area contributed by atoms with Crippen LogP contribution in [0.15, 0.2) is 10.6 Å². The van der Waals surface area contributed by atoms with E-state index in [0.717, 1.165) is 25.0 Å². The van der Waals surface area contributed by atoms with Gasteiger partial charge < -0.3 is 15.2 Å². The van der Waals surface area contributed by atoms with Crippen molar-refractivity contribution in [2.24, 2.45) is 11.1 Å². The Kier molecular flexibility index (Phi) is 4.71. The van der Waals surface area contributed by atoms with Gasteiger partial charge in [-0.05, 0) is 24.7 Å². The Morgan fingerprint density at radius 2 is 2.19 bits per heavy atom. The minimum Gasteiger partial charge on any atom is -0.351 e. The highest BCUT2D eigenvalue weighted by molar-refractivity contribution is 5.91. The lowest BCUT2D eigenvalue weighted by atomic mass is 9.79.